The number of ether oxygens (including phenoxy) is 2. The Balaban J connectivity index is 1.84. The van der Waals surface area contributed by atoms with E-state index in [1.165, 1.54) is 18.4 Å². The van der Waals surface area contributed by atoms with Crippen LogP contribution in [0, 0.1) is 0 Å². The van der Waals surface area contributed by atoms with Crippen LogP contribution in [0.3, 0.4) is 0 Å². The molecule has 0 unspecified atom stereocenters. The molecule has 0 radical (unpaired) electrons. The molecule has 4 heteroatoms. The van der Waals surface area contributed by atoms with Gasteiger partial charge in [0.2, 0.25) is 0 Å². The fourth-order valence-electron chi connectivity index (χ4n) is 4.10. The van der Waals surface area contributed by atoms with Gasteiger partial charge in [0, 0.05) is 18.4 Å². The van der Waals surface area contributed by atoms with Gasteiger partial charge in [-0.1, -0.05) is 25.5 Å². The molecule has 2 fully saturated rings. The standard InChI is InChI=1S/C19H29NO3/c1-3-4-13-20(2)18(16-5-7-17(21)8-6-16)9-11-19(12-10-18)22-14-15-23-19/h5-8,21H,3-4,9-15H2,1-2H3. The molecule has 1 heterocycles. The molecule has 23 heavy (non-hydrogen) atoms. The highest BCUT2D eigenvalue weighted by Crippen LogP contribution is 2.48. The lowest BCUT2D eigenvalue weighted by molar-refractivity contribution is -0.194. The number of rotatable bonds is 5. The summed E-state index contributed by atoms with van der Waals surface area (Å²) < 4.78 is 11.8. The van der Waals surface area contributed by atoms with E-state index in [2.05, 4.69) is 31.0 Å². The quantitative estimate of drug-likeness (QED) is 0.900. The number of aromatic hydroxyl groups is 1. The summed E-state index contributed by atoms with van der Waals surface area (Å²) in [5.41, 5.74) is 1.31. The van der Waals surface area contributed by atoms with E-state index >= 15 is 0 Å². The fraction of sp³-hybridized carbons (Fsp3) is 0.684. The van der Waals surface area contributed by atoms with Crippen LogP contribution in [-0.4, -0.2) is 42.6 Å². The Hall–Kier alpha value is -1.10. The summed E-state index contributed by atoms with van der Waals surface area (Å²) in [4.78, 5) is 2.50. The number of nitrogens with zero attached hydrogens (tertiary/aromatic N) is 1. The largest absolute Gasteiger partial charge is 0.508 e. The minimum absolute atomic E-state index is 0.0173. The van der Waals surface area contributed by atoms with Gasteiger partial charge in [-0.3, -0.25) is 4.90 Å². The molecule has 1 spiro atoms. The maximum atomic E-state index is 9.63. The van der Waals surface area contributed by atoms with Crippen LogP contribution in [0.2, 0.25) is 0 Å². The lowest BCUT2D eigenvalue weighted by atomic mass is 9.73. The molecule has 1 aromatic carbocycles. The molecule has 0 bridgehead atoms. The van der Waals surface area contributed by atoms with E-state index in [0.29, 0.717) is 5.75 Å². The van der Waals surface area contributed by atoms with Crippen LogP contribution in [-0.2, 0) is 15.0 Å². The predicted molar refractivity (Wildman–Crippen MR) is 90.4 cm³/mol. The van der Waals surface area contributed by atoms with E-state index in [-0.39, 0.29) is 11.3 Å². The Morgan fingerprint density at radius 2 is 1.65 bits per heavy atom. The Morgan fingerprint density at radius 1 is 1.04 bits per heavy atom. The molecule has 128 valence electrons. The minimum atomic E-state index is -0.341. The van der Waals surface area contributed by atoms with Gasteiger partial charge in [-0.15, -0.1) is 0 Å². The molecular formula is C19H29NO3. The monoisotopic (exact) mass is 319 g/mol. The van der Waals surface area contributed by atoms with Crippen molar-refractivity contribution in [2.45, 2.75) is 56.8 Å². The molecule has 0 amide bonds. The van der Waals surface area contributed by atoms with Crippen LogP contribution in [0.15, 0.2) is 24.3 Å². The number of phenols is 1. The number of phenolic OH excluding ortho intramolecular Hbond substituents is 1. The van der Waals surface area contributed by atoms with Gasteiger partial charge in [0.25, 0.3) is 0 Å². The maximum Gasteiger partial charge on any atom is 0.168 e. The fourth-order valence-corrected chi connectivity index (χ4v) is 4.10. The molecule has 0 atom stereocenters. The average Bonchev–Trinajstić information content (AvgIpc) is 3.03. The molecule has 1 N–H and O–H groups in total. The summed E-state index contributed by atoms with van der Waals surface area (Å²) in [5, 5.41) is 9.63. The highest BCUT2D eigenvalue weighted by Gasteiger charge is 2.48. The molecule has 0 aromatic heterocycles. The third-order valence-corrected chi connectivity index (χ3v) is 5.63. The first-order valence-electron chi connectivity index (χ1n) is 8.89. The predicted octanol–water partition coefficient (Wildman–Crippen LogP) is 3.64. The van der Waals surface area contributed by atoms with Crippen molar-refractivity contribution in [3.8, 4) is 5.75 Å². The SMILES string of the molecule is CCCCN(C)C1(c2ccc(O)cc2)CCC2(CC1)OCCO2. The van der Waals surface area contributed by atoms with Gasteiger partial charge in [-0.05, 0) is 50.6 Å². The van der Waals surface area contributed by atoms with Gasteiger partial charge in [0.1, 0.15) is 5.75 Å². The zero-order valence-corrected chi connectivity index (χ0v) is 14.4. The zero-order chi connectivity index (χ0) is 16.3. The Bertz CT molecular complexity index is 498. The lowest BCUT2D eigenvalue weighted by Crippen LogP contribution is -2.51. The average molecular weight is 319 g/mol. The highest BCUT2D eigenvalue weighted by molar-refractivity contribution is 5.32. The molecule has 1 aromatic rings. The first kappa shape index (κ1) is 16.7. The molecule has 1 aliphatic heterocycles. The van der Waals surface area contributed by atoms with Crippen molar-refractivity contribution in [3.05, 3.63) is 29.8 Å². The molecule has 3 rings (SSSR count). The van der Waals surface area contributed by atoms with Crippen molar-refractivity contribution in [1.82, 2.24) is 4.90 Å². The van der Waals surface area contributed by atoms with Gasteiger partial charge in [0.15, 0.2) is 5.79 Å². The van der Waals surface area contributed by atoms with E-state index in [4.69, 9.17) is 9.47 Å². The topological polar surface area (TPSA) is 41.9 Å². The van der Waals surface area contributed by atoms with E-state index < -0.39 is 0 Å². The van der Waals surface area contributed by atoms with Crippen molar-refractivity contribution in [1.29, 1.82) is 0 Å². The second-order valence-corrected chi connectivity index (χ2v) is 6.96. The minimum Gasteiger partial charge on any atom is -0.508 e. The van der Waals surface area contributed by atoms with E-state index in [0.717, 1.165) is 45.4 Å². The van der Waals surface area contributed by atoms with Gasteiger partial charge in [-0.25, -0.2) is 0 Å². The van der Waals surface area contributed by atoms with Crippen molar-refractivity contribution < 1.29 is 14.6 Å². The first-order valence-corrected chi connectivity index (χ1v) is 8.89. The van der Waals surface area contributed by atoms with Crippen LogP contribution in [0.25, 0.3) is 0 Å². The lowest BCUT2D eigenvalue weighted by Gasteiger charge is -2.49. The normalized spacial score (nSPS) is 22.7. The summed E-state index contributed by atoms with van der Waals surface area (Å²) in [7, 11) is 2.23. The van der Waals surface area contributed by atoms with E-state index in [1.54, 1.807) is 12.1 Å². The summed E-state index contributed by atoms with van der Waals surface area (Å²) in [6.07, 6.45) is 6.32. The zero-order valence-electron chi connectivity index (χ0n) is 14.4. The molecule has 4 nitrogen and oxygen atoms in total. The second kappa shape index (κ2) is 6.80. The van der Waals surface area contributed by atoms with Crippen LogP contribution >= 0.6 is 0 Å². The Morgan fingerprint density at radius 3 is 2.22 bits per heavy atom. The second-order valence-electron chi connectivity index (χ2n) is 6.96. The number of unbranched alkanes of at least 4 members (excludes halogenated alkanes) is 1. The molecular weight excluding hydrogens is 290 g/mol. The van der Waals surface area contributed by atoms with Crippen molar-refractivity contribution in [3.63, 3.8) is 0 Å². The number of hydrogen-bond donors (Lipinski definition) is 1. The summed E-state index contributed by atoms with van der Waals surface area (Å²) in [6, 6.07) is 7.76. The third-order valence-electron chi connectivity index (χ3n) is 5.63. The Labute approximate surface area is 139 Å². The first-order chi connectivity index (χ1) is 11.1. The van der Waals surface area contributed by atoms with Crippen molar-refractivity contribution in [2.75, 3.05) is 26.8 Å². The molecule has 1 saturated carbocycles. The Kier molecular flexibility index (Phi) is 4.95. The smallest absolute Gasteiger partial charge is 0.168 e. The van der Waals surface area contributed by atoms with Crippen molar-refractivity contribution >= 4 is 0 Å². The highest BCUT2D eigenvalue weighted by atomic mass is 16.7. The molecule has 1 saturated heterocycles. The molecule has 2 aliphatic rings. The van der Waals surface area contributed by atoms with Crippen molar-refractivity contribution in [2.24, 2.45) is 0 Å². The third kappa shape index (κ3) is 3.25. The van der Waals surface area contributed by atoms with Gasteiger partial charge in [-0.2, -0.15) is 0 Å². The van der Waals surface area contributed by atoms with Gasteiger partial charge >= 0.3 is 0 Å². The number of hydrogen-bond acceptors (Lipinski definition) is 4. The summed E-state index contributed by atoms with van der Waals surface area (Å²) >= 11 is 0. The van der Waals surface area contributed by atoms with Crippen LogP contribution in [0.5, 0.6) is 5.75 Å². The van der Waals surface area contributed by atoms with Crippen LogP contribution in [0.1, 0.15) is 51.0 Å². The van der Waals surface area contributed by atoms with E-state index in [1.807, 2.05) is 0 Å². The molecule has 1 aliphatic carbocycles. The maximum absolute atomic E-state index is 9.63. The van der Waals surface area contributed by atoms with Crippen LogP contribution < -0.4 is 0 Å². The van der Waals surface area contributed by atoms with E-state index in [9.17, 15) is 5.11 Å². The number of benzene rings is 1. The van der Waals surface area contributed by atoms with Crippen LogP contribution in [0.4, 0.5) is 0 Å². The summed E-state index contributed by atoms with van der Waals surface area (Å²) in [5.74, 6) is -0.0127. The van der Waals surface area contributed by atoms with Gasteiger partial charge in [0.05, 0.1) is 13.2 Å². The van der Waals surface area contributed by atoms with Gasteiger partial charge < -0.3 is 14.6 Å². The summed E-state index contributed by atoms with van der Waals surface area (Å²) in [6.45, 7) is 4.76.